The summed E-state index contributed by atoms with van der Waals surface area (Å²) in [6, 6.07) is 0.621. The first-order chi connectivity index (χ1) is 5.61. The standard InChI is InChI=1S/C8H14O3Si/c1-5-6-12(10-4)11-8(9)7(2)3/h5,12H,1-2,6H2,3-4H3. The summed E-state index contributed by atoms with van der Waals surface area (Å²) in [6.45, 7) is 8.62. The third kappa shape index (κ3) is 4.10. The summed E-state index contributed by atoms with van der Waals surface area (Å²) >= 11 is 0. The Morgan fingerprint density at radius 1 is 1.67 bits per heavy atom. The van der Waals surface area contributed by atoms with Crippen LogP contribution in [0.5, 0.6) is 0 Å². The molecule has 0 aliphatic heterocycles. The van der Waals surface area contributed by atoms with Crippen molar-refractivity contribution in [3.63, 3.8) is 0 Å². The Morgan fingerprint density at radius 2 is 2.25 bits per heavy atom. The van der Waals surface area contributed by atoms with E-state index in [1.807, 2.05) is 0 Å². The average molecular weight is 186 g/mol. The molecular formula is C8H14O3Si. The summed E-state index contributed by atoms with van der Waals surface area (Å²) in [5.41, 5.74) is 0.397. The van der Waals surface area contributed by atoms with Gasteiger partial charge in [-0.15, -0.1) is 6.58 Å². The van der Waals surface area contributed by atoms with E-state index in [1.165, 1.54) is 7.11 Å². The molecule has 0 spiro atoms. The van der Waals surface area contributed by atoms with Gasteiger partial charge in [-0.3, -0.25) is 0 Å². The molecule has 0 saturated carbocycles. The van der Waals surface area contributed by atoms with E-state index in [4.69, 9.17) is 8.85 Å². The highest BCUT2D eigenvalue weighted by molar-refractivity contribution is 6.47. The van der Waals surface area contributed by atoms with Crippen LogP contribution >= 0.6 is 0 Å². The number of hydrogen-bond donors (Lipinski definition) is 0. The van der Waals surface area contributed by atoms with Crippen LogP contribution in [0.1, 0.15) is 6.92 Å². The van der Waals surface area contributed by atoms with Crippen LogP contribution in [0.15, 0.2) is 24.8 Å². The van der Waals surface area contributed by atoms with E-state index in [0.717, 1.165) is 0 Å². The number of hydrogen-bond acceptors (Lipinski definition) is 3. The molecule has 0 saturated heterocycles. The van der Waals surface area contributed by atoms with E-state index >= 15 is 0 Å². The molecule has 0 heterocycles. The molecule has 0 fully saturated rings. The Balaban J connectivity index is 3.93. The maximum atomic E-state index is 11.0. The van der Waals surface area contributed by atoms with Crippen LogP contribution in [0.25, 0.3) is 0 Å². The lowest BCUT2D eigenvalue weighted by Gasteiger charge is -2.11. The molecule has 1 atom stereocenters. The van der Waals surface area contributed by atoms with Crippen molar-refractivity contribution in [3.05, 3.63) is 24.8 Å². The Morgan fingerprint density at radius 3 is 2.58 bits per heavy atom. The lowest BCUT2D eigenvalue weighted by atomic mass is 10.4. The fraction of sp³-hybridized carbons (Fsp3) is 0.375. The molecule has 0 aromatic rings. The predicted molar refractivity (Wildman–Crippen MR) is 50.1 cm³/mol. The summed E-state index contributed by atoms with van der Waals surface area (Å²) < 4.78 is 10.0. The van der Waals surface area contributed by atoms with Crippen molar-refractivity contribution in [1.29, 1.82) is 0 Å². The van der Waals surface area contributed by atoms with Crippen LogP contribution in [-0.2, 0) is 13.6 Å². The van der Waals surface area contributed by atoms with Crippen molar-refractivity contribution in [2.45, 2.75) is 13.0 Å². The first kappa shape index (κ1) is 11.1. The lowest BCUT2D eigenvalue weighted by Crippen LogP contribution is -2.24. The Labute approximate surface area is 74.5 Å². The zero-order valence-corrected chi connectivity index (χ0v) is 8.66. The van der Waals surface area contributed by atoms with Crippen molar-refractivity contribution < 1.29 is 13.6 Å². The molecule has 0 bridgehead atoms. The van der Waals surface area contributed by atoms with Crippen LogP contribution in [0.2, 0.25) is 6.04 Å². The van der Waals surface area contributed by atoms with Crippen molar-refractivity contribution in [2.24, 2.45) is 0 Å². The van der Waals surface area contributed by atoms with Crippen LogP contribution < -0.4 is 0 Å². The summed E-state index contributed by atoms with van der Waals surface area (Å²) in [5, 5.41) is 0. The van der Waals surface area contributed by atoms with Crippen LogP contribution in [0.3, 0.4) is 0 Å². The monoisotopic (exact) mass is 186 g/mol. The van der Waals surface area contributed by atoms with Gasteiger partial charge in [0, 0.05) is 18.7 Å². The fourth-order valence-electron chi connectivity index (χ4n) is 0.549. The van der Waals surface area contributed by atoms with Gasteiger partial charge in [0.05, 0.1) is 0 Å². The Hall–Kier alpha value is -0.873. The quantitative estimate of drug-likeness (QED) is 0.367. The molecule has 4 heteroatoms. The second kappa shape index (κ2) is 5.74. The zero-order chi connectivity index (χ0) is 9.56. The first-order valence-electron chi connectivity index (χ1n) is 3.62. The van der Waals surface area contributed by atoms with Crippen molar-refractivity contribution >= 4 is 15.3 Å². The van der Waals surface area contributed by atoms with Gasteiger partial charge in [-0.25, -0.2) is 4.79 Å². The predicted octanol–water partition coefficient (Wildman–Crippen LogP) is 1.16. The minimum absolute atomic E-state index is 0.379. The summed E-state index contributed by atoms with van der Waals surface area (Å²) in [7, 11) is -0.322. The maximum absolute atomic E-state index is 11.0. The highest BCUT2D eigenvalue weighted by atomic mass is 28.3. The summed E-state index contributed by atoms with van der Waals surface area (Å²) in [5.74, 6) is -0.379. The maximum Gasteiger partial charge on any atom is 0.389 e. The average Bonchev–Trinajstić information content (AvgIpc) is 2.03. The third-order valence-corrected chi connectivity index (χ3v) is 2.93. The molecule has 0 aliphatic rings. The molecule has 0 aliphatic carbocycles. The summed E-state index contributed by atoms with van der Waals surface area (Å²) in [4.78, 5) is 11.0. The number of rotatable bonds is 5. The van der Waals surface area contributed by atoms with E-state index < -0.39 is 9.28 Å². The van der Waals surface area contributed by atoms with Crippen LogP contribution in [0.4, 0.5) is 0 Å². The van der Waals surface area contributed by atoms with Gasteiger partial charge in [-0.1, -0.05) is 12.7 Å². The molecule has 0 N–H and O–H groups in total. The normalized spacial score (nSPS) is 11.8. The van der Waals surface area contributed by atoms with E-state index in [2.05, 4.69) is 13.2 Å². The van der Waals surface area contributed by atoms with Gasteiger partial charge in [0.25, 0.3) is 0 Å². The van der Waals surface area contributed by atoms with Gasteiger partial charge in [-0.05, 0) is 6.92 Å². The minimum atomic E-state index is -1.86. The molecule has 1 unspecified atom stereocenters. The van der Waals surface area contributed by atoms with Gasteiger partial charge in [-0.2, -0.15) is 0 Å². The second-order valence-electron chi connectivity index (χ2n) is 2.38. The SMILES string of the molecule is C=CC[SiH](OC)OC(=O)C(=C)C. The smallest absolute Gasteiger partial charge is 0.389 e. The third-order valence-electron chi connectivity index (χ3n) is 1.21. The Kier molecular flexibility index (Phi) is 5.32. The van der Waals surface area contributed by atoms with Crippen molar-refractivity contribution in [3.8, 4) is 0 Å². The first-order valence-corrected chi connectivity index (χ1v) is 5.38. The fourth-order valence-corrected chi connectivity index (χ4v) is 1.65. The molecule has 12 heavy (non-hydrogen) atoms. The highest BCUT2D eigenvalue weighted by Crippen LogP contribution is 2.00. The zero-order valence-electron chi connectivity index (χ0n) is 7.50. The van der Waals surface area contributed by atoms with Crippen LogP contribution in [-0.4, -0.2) is 22.4 Å². The highest BCUT2D eigenvalue weighted by Gasteiger charge is 2.15. The molecule has 0 rings (SSSR count). The number of allylic oxidation sites excluding steroid dienone is 1. The van der Waals surface area contributed by atoms with Crippen LogP contribution in [0, 0.1) is 0 Å². The topological polar surface area (TPSA) is 35.5 Å². The second-order valence-corrected chi connectivity index (χ2v) is 4.41. The van der Waals surface area contributed by atoms with Gasteiger partial charge >= 0.3 is 15.3 Å². The van der Waals surface area contributed by atoms with E-state index in [1.54, 1.807) is 13.0 Å². The van der Waals surface area contributed by atoms with Crippen molar-refractivity contribution in [2.75, 3.05) is 7.11 Å². The summed E-state index contributed by atoms with van der Waals surface area (Å²) in [6.07, 6.45) is 1.69. The Bertz CT molecular complexity index is 189. The largest absolute Gasteiger partial charge is 0.493 e. The molecule has 0 aromatic carbocycles. The number of carbonyl (C=O) groups is 1. The minimum Gasteiger partial charge on any atom is -0.493 e. The lowest BCUT2D eigenvalue weighted by molar-refractivity contribution is -0.131. The molecule has 0 amide bonds. The molecular weight excluding hydrogens is 172 g/mol. The van der Waals surface area contributed by atoms with Gasteiger partial charge < -0.3 is 8.85 Å². The van der Waals surface area contributed by atoms with Crippen molar-refractivity contribution in [1.82, 2.24) is 0 Å². The molecule has 3 nitrogen and oxygen atoms in total. The van der Waals surface area contributed by atoms with Gasteiger partial charge in [0.15, 0.2) is 0 Å². The molecule has 68 valence electrons. The van der Waals surface area contributed by atoms with E-state index in [-0.39, 0.29) is 5.97 Å². The van der Waals surface area contributed by atoms with E-state index in [0.29, 0.717) is 11.6 Å². The molecule has 0 aromatic heterocycles. The van der Waals surface area contributed by atoms with Gasteiger partial charge in [0.1, 0.15) is 0 Å². The van der Waals surface area contributed by atoms with E-state index in [9.17, 15) is 4.79 Å². The molecule has 0 radical (unpaired) electrons. The van der Waals surface area contributed by atoms with Gasteiger partial charge in [0.2, 0.25) is 0 Å². The number of carbonyl (C=O) groups excluding carboxylic acids is 1.